The molecule has 17 heavy (non-hydrogen) atoms. The third-order valence-electron chi connectivity index (χ3n) is 4.08. The second-order valence-electron chi connectivity index (χ2n) is 5.28. The lowest BCUT2D eigenvalue weighted by Gasteiger charge is -2.42. The average molecular weight is 242 g/mol. The first kappa shape index (κ1) is 14.5. The third-order valence-corrected chi connectivity index (χ3v) is 4.08. The molecule has 0 radical (unpaired) electrons. The number of aliphatic hydroxyl groups excluding tert-OH is 1. The number of nitrogens with zero attached hydrogens (tertiary/aromatic N) is 1. The van der Waals surface area contributed by atoms with E-state index in [1.54, 1.807) is 0 Å². The predicted octanol–water partition coefficient (Wildman–Crippen LogP) is 1.12. The maximum atomic E-state index is 12.5. The monoisotopic (exact) mass is 242 g/mol. The molecule has 0 bridgehead atoms. The quantitative estimate of drug-likeness (QED) is 0.703. The molecule has 0 heterocycles. The first-order valence-corrected chi connectivity index (χ1v) is 6.71. The van der Waals surface area contributed by atoms with Gasteiger partial charge >= 0.3 is 0 Å². The number of aliphatic hydroxyl groups is 1. The van der Waals surface area contributed by atoms with Crippen molar-refractivity contribution in [1.29, 1.82) is 0 Å². The summed E-state index contributed by atoms with van der Waals surface area (Å²) in [6.07, 6.45) is 4.83. The molecule has 1 unspecified atom stereocenters. The van der Waals surface area contributed by atoms with Gasteiger partial charge in [0.2, 0.25) is 5.91 Å². The lowest BCUT2D eigenvalue weighted by Crippen LogP contribution is -2.52. The summed E-state index contributed by atoms with van der Waals surface area (Å²) < 4.78 is 0. The Morgan fingerprint density at radius 1 is 1.53 bits per heavy atom. The van der Waals surface area contributed by atoms with Gasteiger partial charge in [-0.05, 0) is 39.0 Å². The summed E-state index contributed by atoms with van der Waals surface area (Å²) in [4.78, 5) is 14.5. The van der Waals surface area contributed by atoms with Crippen LogP contribution in [0.5, 0.6) is 0 Å². The van der Waals surface area contributed by atoms with E-state index in [1.807, 2.05) is 18.7 Å². The Bertz CT molecular complexity index is 248. The van der Waals surface area contributed by atoms with E-state index >= 15 is 0 Å². The number of hydrogen-bond acceptors (Lipinski definition) is 3. The van der Waals surface area contributed by atoms with Gasteiger partial charge in [0.05, 0.1) is 5.41 Å². The molecular formula is C13H26N2O2. The number of carbonyl (C=O) groups is 1. The molecule has 0 spiro atoms. The highest BCUT2D eigenvalue weighted by atomic mass is 16.3. The number of hydrogen-bond donors (Lipinski definition) is 2. The summed E-state index contributed by atoms with van der Waals surface area (Å²) >= 11 is 0. The molecule has 1 aliphatic carbocycles. The fraction of sp³-hybridized carbons (Fsp3) is 0.923. The van der Waals surface area contributed by atoms with Crippen molar-refractivity contribution >= 4 is 5.91 Å². The van der Waals surface area contributed by atoms with E-state index in [2.05, 4.69) is 0 Å². The molecule has 1 saturated carbocycles. The molecule has 0 aliphatic heterocycles. The lowest BCUT2D eigenvalue weighted by atomic mass is 9.83. The topological polar surface area (TPSA) is 66.6 Å². The summed E-state index contributed by atoms with van der Waals surface area (Å²) in [6.45, 7) is 5.15. The molecular weight excluding hydrogens is 216 g/mol. The molecule has 0 aromatic heterocycles. The summed E-state index contributed by atoms with van der Waals surface area (Å²) in [5, 5.41) is 8.92. The molecule has 1 fully saturated rings. The first-order valence-electron chi connectivity index (χ1n) is 6.71. The van der Waals surface area contributed by atoms with E-state index in [9.17, 15) is 4.79 Å². The third kappa shape index (κ3) is 3.19. The van der Waals surface area contributed by atoms with Gasteiger partial charge in [-0.25, -0.2) is 0 Å². The average Bonchev–Trinajstić information content (AvgIpc) is 2.30. The standard InChI is InChI=1S/C13H26N2O2/c1-3-13(2,10-14)12(17)15(8-5-9-16)11-6-4-7-11/h11,16H,3-10,14H2,1-2H3. The molecule has 4 nitrogen and oxygen atoms in total. The SMILES string of the molecule is CCC(C)(CN)C(=O)N(CCCO)C1CCC1. The summed E-state index contributed by atoms with van der Waals surface area (Å²) in [5.74, 6) is 0.167. The maximum absolute atomic E-state index is 12.5. The van der Waals surface area contributed by atoms with E-state index in [-0.39, 0.29) is 12.5 Å². The number of nitrogens with two attached hydrogens (primary N) is 1. The Morgan fingerprint density at radius 2 is 2.18 bits per heavy atom. The van der Waals surface area contributed by atoms with E-state index in [0.29, 0.717) is 25.6 Å². The smallest absolute Gasteiger partial charge is 0.230 e. The van der Waals surface area contributed by atoms with Crippen molar-refractivity contribution in [2.45, 2.75) is 52.0 Å². The Balaban J connectivity index is 2.70. The molecule has 1 aliphatic rings. The second kappa shape index (κ2) is 6.36. The van der Waals surface area contributed by atoms with Crippen LogP contribution in [0.4, 0.5) is 0 Å². The van der Waals surface area contributed by atoms with Gasteiger partial charge in [0.1, 0.15) is 0 Å². The van der Waals surface area contributed by atoms with Crippen molar-refractivity contribution in [2.24, 2.45) is 11.1 Å². The van der Waals surface area contributed by atoms with Gasteiger partial charge in [-0.1, -0.05) is 6.92 Å². The fourth-order valence-electron chi connectivity index (χ4n) is 2.12. The molecule has 0 aromatic carbocycles. The molecule has 1 atom stereocenters. The number of amides is 1. The van der Waals surface area contributed by atoms with Crippen LogP contribution < -0.4 is 5.73 Å². The van der Waals surface area contributed by atoms with Crippen LogP contribution in [-0.4, -0.2) is 41.7 Å². The summed E-state index contributed by atoms with van der Waals surface area (Å²) in [6, 6.07) is 0.381. The lowest BCUT2D eigenvalue weighted by molar-refractivity contribution is -0.145. The van der Waals surface area contributed by atoms with Gasteiger partial charge in [0.15, 0.2) is 0 Å². The van der Waals surface area contributed by atoms with Crippen molar-refractivity contribution in [3.63, 3.8) is 0 Å². The highest BCUT2D eigenvalue weighted by Gasteiger charge is 2.38. The van der Waals surface area contributed by atoms with Gasteiger partial charge in [-0.2, -0.15) is 0 Å². The Kier molecular flexibility index (Phi) is 5.40. The van der Waals surface area contributed by atoms with Gasteiger partial charge in [-0.15, -0.1) is 0 Å². The molecule has 4 heteroatoms. The van der Waals surface area contributed by atoms with Gasteiger partial charge in [0, 0.05) is 25.7 Å². The highest BCUT2D eigenvalue weighted by Crippen LogP contribution is 2.30. The molecule has 100 valence electrons. The van der Waals surface area contributed by atoms with Crippen LogP contribution in [0.1, 0.15) is 46.0 Å². The Hall–Kier alpha value is -0.610. The molecule has 1 rings (SSSR count). The zero-order valence-electron chi connectivity index (χ0n) is 11.1. The Morgan fingerprint density at radius 3 is 2.53 bits per heavy atom. The van der Waals surface area contributed by atoms with E-state index in [1.165, 1.54) is 6.42 Å². The first-order chi connectivity index (χ1) is 8.09. The van der Waals surface area contributed by atoms with Crippen molar-refractivity contribution in [1.82, 2.24) is 4.90 Å². The van der Waals surface area contributed by atoms with Crippen LogP contribution in [0, 0.1) is 5.41 Å². The van der Waals surface area contributed by atoms with Crippen molar-refractivity contribution < 1.29 is 9.90 Å². The van der Waals surface area contributed by atoms with Crippen molar-refractivity contribution in [2.75, 3.05) is 19.7 Å². The number of carbonyl (C=O) groups excluding carboxylic acids is 1. The highest BCUT2D eigenvalue weighted by molar-refractivity contribution is 5.83. The minimum atomic E-state index is -0.439. The molecule has 1 amide bonds. The van der Waals surface area contributed by atoms with Gasteiger partial charge < -0.3 is 15.7 Å². The predicted molar refractivity (Wildman–Crippen MR) is 68.5 cm³/mol. The van der Waals surface area contributed by atoms with Crippen LogP contribution >= 0.6 is 0 Å². The van der Waals surface area contributed by atoms with Gasteiger partial charge in [-0.3, -0.25) is 4.79 Å². The minimum absolute atomic E-state index is 0.141. The fourth-order valence-corrected chi connectivity index (χ4v) is 2.12. The molecule has 3 N–H and O–H groups in total. The minimum Gasteiger partial charge on any atom is -0.396 e. The second-order valence-corrected chi connectivity index (χ2v) is 5.28. The molecule has 0 aromatic rings. The zero-order valence-corrected chi connectivity index (χ0v) is 11.1. The largest absolute Gasteiger partial charge is 0.396 e. The number of rotatable bonds is 7. The molecule has 0 saturated heterocycles. The van der Waals surface area contributed by atoms with Crippen LogP contribution in [0.25, 0.3) is 0 Å². The summed E-state index contributed by atoms with van der Waals surface area (Å²) in [7, 11) is 0. The summed E-state index contributed by atoms with van der Waals surface area (Å²) in [5.41, 5.74) is 5.31. The zero-order chi connectivity index (χ0) is 12.9. The van der Waals surface area contributed by atoms with Crippen LogP contribution in [0.2, 0.25) is 0 Å². The maximum Gasteiger partial charge on any atom is 0.230 e. The van der Waals surface area contributed by atoms with E-state index in [4.69, 9.17) is 10.8 Å². The van der Waals surface area contributed by atoms with Crippen molar-refractivity contribution in [3.05, 3.63) is 0 Å². The normalized spacial score (nSPS) is 19.5. The Labute approximate surface area is 104 Å². The van der Waals surface area contributed by atoms with Crippen LogP contribution in [-0.2, 0) is 4.79 Å². The van der Waals surface area contributed by atoms with E-state index in [0.717, 1.165) is 19.3 Å². The van der Waals surface area contributed by atoms with E-state index < -0.39 is 5.41 Å². The van der Waals surface area contributed by atoms with Crippen molar-refractivity contribution in [3.8, 4) is 0 Å². The van der Waals surface area contributed by atoms with Crippen LogP contribution in [0.15, 0.2) is 0 Å². The van der Waals surface area contributed by atoms with Gasteiger partial charge in [0.25, 0.3) is 0 Å². The van der Waals surface area contributed by atoms with Crippen LogP contribution in [0.3, 0.4) is 0 Å².